The molecule has 0 spiro atoms. The number of benzene rings is 1. The number of hydrogen-bond donors (Lipinski definition) is 2. The fourth-order valence-electron chi connectivity index (χ4n) is 1.15. The maximum absolute atomic E-state index is 10.4. The Labute approximate surface area is 80.1 Å². The molecular weight excluding hydrogens is 178 g/mol. The smallest absolute Gasteiger partial charge is 0.293 e. The molecule has 2 aromatic rings. The number of hydrogen-bond acceptors (Lipinski definition) is 2. The second-order valence-electron chi connectivity index (χ2n) is 2.79. The predicted molar refractivity (Wildman–Crippen MR) is 52.2 cm³/mol. The van der Waals surface area contributed by atoms with E-state index in [1.54, 1.807) is 12.3 Å². The van der Waals surface area contributed by atoms with Crippen molar-refractivity contribution in [3.05, 3.63) is 30.0 Å². The first kappa shape index (κ1) is 8.32. The van der Waals surface area contributed by atoms with Crippen molar-refractivity contribution in [3.8, 4) is 11.8 Å². The molecule has 0 saturated carbocycles. The van der Waals surface area contributed by atoms with Crippen LogP contribution < -0.4 is 5.73 Å². The molecule has 0 unspecified atom stereocenters. The Morgan fingerprint density at radius 2 is 2.36 bits per heavy atom. The fraction of sp³-hybridized carbons (Fsp3) is 0. The Morgan fingerprint density at radius 1 is 1.50 bits per heavy atom. The van der Waals surface area contributed by atoms with Crippen LogP contribution in [0.5, 0.6) is 0 Å². The number of aromatic nitrogens is 2. The van der Waals surface area contributed by atoms with Gasteiger partial charge in [-0.3, -0.25) is 9.89 Å². The van der Waals surface area contributed by atoms with Gasteiger partial charge in [-0.05, 0) is 24.1 Å². The first-order valence-electron chi connectivity index (χ1n) is 4.00. The normalized spacial score (nSPS) is 9.43. The molecule has 1 heterocycles. The lowest BCUT2D eigenvalue weighted by atomic mass is 10.2. The minimum atomic E-state index is -0.628. The van der Waals surface area contributed by atoms with Crippen LogP contribution in [0.3, 0.4) is 0 Å². The number of aromatic amines is 1. The molecule has 1 amide bonds. The van der Waals surface area contributed by atoms with Crippen LogP contribution in [0.1, 0.15) is 5.56 Å². The third-order valence-corrected chi connectivity index (χ3v) is 1.77. The highest BCUT2D eigenvalue weighted by Crippen LogP contribution is 2.11. The third kappa shape index (κ3) is 1.57. The molecule has 0 aliphatic carbocycles. The van der Waals surface area contributed by atoms with Crippen molar-refractivity contribution in [2.24, 2.45) is 5.73 Å². The van der Waals surface area contributed by atoms with E-state index < -0.39 is 5.91 Å². The van der Waals surface area contributed by atoms with Crippen LogP contribution >= 0.6 is 0 Å². The molecule has 4 heteroatoms. The van der Waals surface area contributed by atoms with Gasteiger partial charge < -0.3 is 5.73 Å². The van der Waals surface area contributed by atoms with E-state index in [2.05, 4.69) is 22.0 Å². The molecule has 4 nitrogen and oxygen atoms in total. The Kier molecular flexibility index (Phi) is 1.92. The molecule has 0 saturated heterocycles. The van der Waals surface area contributed by atoms with Gasteiger partial charge in [0.2, 0.25) is 0 Å². The molecule has 14 heavy (non-hydrogen) atoms. The molecule has 1 aromatic heterocycles. The number of nitrogens with zero attached hydrogens (tertiary/aromatic N) is 1. The van der Waals surface area contributed by atoms with Gasteiger partial charge in [0.15, 0.2) is 0 Å². The minimum absolute atomic E-state index is 0.628. The predicted octanol–water partition coefficient (Wildman–Crippen LogP) is 0.400. The van der Waals surface area contributed by atoms with Crippen molar-refractivity contribution in [2.45, 2.75) is 0 Å². The summed E-state index contributed by atoms with van der Waals surface area (Å²) in [6, 6.07) is 5.50. The Bertz CT molecular complexity index is 545. The summed E-state index contributed by atoms with van der Waals surface area (Å²) < 4.78 is 0. The van der Waals surface area contributed by atoms with Crippen LogP contribution in [0.4, 0.5) is 0 Å². The zero-order valence-corrected chi connectivity index (χ0v) is 7.24. The number of nitrogens with one attached hydrogen (secondary N) is 1. The maximum atomic E-state index is 10.4. The van der Waals surface area contributed by atoms with Gasteiger partial charge in [0.1, 0.15) is 0 Å². The number of fused-ring (bicyclic) bond motifs is 1. The Balaban J connectivity index is 2.45. The van der Waals surface area contributed by atoms with E-state index in [1.165, 1.54) is 0 Å². The zero-order valence-electron chi connectivity index (χ0n) is 7.24. The van der Waals surface area contributed by atoms with E-state index >= 15 is 0 Å². The summed E-state index contributed by atoms with van der Waals surface area (Å²) in [7, 11) is 0. The van der Waals surface area contributed by atoms with Gasteiger partial charge in [-0.1, -0.05) is 5.92 Å². The van der Waals surface area contributed by atoms with Gasteiger partial charge in [0.25, 0.3) is 5.91 Å². The van der Waals surface area contributed by atoms with Gasteiger partial charge >= 0.3 is 0 Å². The van der Waals surface area contributed by atoms with Crippen LogP contribution in [0.25, 0.3) is 10.9 Å². The molecule has 0 radical (unpaired) electrons. The lowest BCUT2D eigenvalue weighted by Gasteiger charge is -1.89. The second kappa shape index (κ2) is 3.23. The summed E-state index contributed by atoms with van der Waals surface area (Å²) in [6.45, 7) is 0. The summed E-state index contributed by atoms with van der Waals surface area (Å²) in [4.78, 5) is 10.4. The Hall–Kier alpha value is -2.28. The third-order valence-electron chi connectivity index (χ3n) is 1.77. The van der Waals surface area contributed by atoms with Gasteiger partial charge in [0, 0.05) is 10.9 Å². The number of nitrogens with two attached hydrogens (primary N) is 1. The van der Waals surface area contributed by atoms with Gasteiger partial charge in [-0.2, -0.15) is 5.10 Å². The van der Waals surface area contributed by atoms with E-state index in [4.69, 9.17) is 5.73 Å². The molecule has 0 bridgehead atoms. The summed E-state index contributed by atoms with van der Waals surface area (Å²) in [6.07, 6.45) is 1.70. The van der Waals surface area contributed by atoms with Crippen molar-refractivity contribution in [1.82, 2.24) is 10.2 Å². The number of carbonyl (C=O) groups is 1. The molecule has 0 fully saturated rings. The van der Waals surface area contributed by atoms with E-state index in [1.807, 2.05) is 12.1 Å². The van der Waals surface area contributed by atoms with Crippen molar-refractivity contribution < 1.29 is 4.79 Å². The lowest BCUT2D eigenvalue weighted by Crippen LogP contribution is -2.06. The lowest BCUT2D eigenvalue weighted by molar-refractivity contribution is -0.112. The monoisotopic (exact) mass is 185 g/mol. The molecule has 0 aliphatic heterocycles. The maximum Gasteiger partial charge on any atom is 0.293 e. The highest BCUT2D eigenvalue weighted by Gasteiger charge is 1.95. The van der Waals surface area contributed by atoms with Gasteiger partial charge in [-0.25, -0.2) is 0 Å². The first-order chi connectivity index (χ1) is 6.75. The summed E-state index contributed by atoms with van der Waals surface area (Å²) in [5, 5.41) is 7.65. The number of H-pyrrole nitrogens is 1. The van der Waals surface area contributed by atoms with Crippen LogP contribution in [-0.4, -0.2) is 16.1 Å². The van der Waals surface area contributed by atoms with Crippen LogP contribution in [0.2, 0.25) is 0 Å². The number of carbonyl (C=O) groups excluding carboxylic acids is 1. The zero-order chi connectivity index (χ0) is 9.97. The van der Waals surface area contributed by atoms with E-state index in [0.717, 1.165) is 16.5 Å². The molecule has 2 rings (SSSR count). The minimum Gasteiger partial charge on any atom is -0.359 e. The average molecular weight is 185 g/mol. The second-order valence-corrected chi connectivity index (χ2v) is 2.79. The quantitative estimate of drug-likeness (QED) is 0.583. The standard InChI is InChI=1S/C10H7N3O/c11-10(14)4-2-7-1-3-9-8(5-7)6-12-13-9/h1,3,5-6H,(H2,11,14)(H,12,13). The highest BCUT2D eigenvalue weighted by molar-refractivity contribution is 5.92. The van der Waals surface area contributed by atoms with Crippen molar-refractivity contribution in [2.75, 3.05) is 0 Å². The van der Waals surface area contributed by atoms with Crippen LogP contribution in [-0.2, 0) is 4.79 Å². The number of primary amides is 1. The van der Waals surface area contributed by atoms with Gasteiger partial charge in [0.05, 0.1) is 11.7 Å². The van der Waals surface area contributed by atoms with Crippen LogP contribution in [0, 0.1) is 11.8 Å². The SMILES string of the molecule is NC(=O)C#Cc1ccc2[nH]ncc2c1. The summed E-state index contributed by atoms with van der Waals surface area (Å²) in [5.74, 6) is 4.31. The molecule has 3 N–H and O–H groups in total. The number of amides is 1. The highest BCUT2D eigenvalue weighted by atomic mass is 16.1. The van der Waals surface area contributed by atoms with Gasteiger partial charge in [-0.15, -0.1) is 0 Å². The van der Waals surface area contributed by atoms with Crippen LogP contribution in [0.15, 0.2) is 24.4 Å². The van der Waals surface area contributed by atoms with Crippen molar-refractivity contribution >= 4 is 16.8 Å². The van der Waals surface area contributed by atoms with E-state index in [9.17, 15) is 4.79 Å². The number of rotatable bonds is 0. The summed E-state index contributed by atoms with van der Waals surface area (Å²) in [5.41, 5.74) is 6.59. The van der Waals surface area contributed by atoms with Crippen molar-refractivity contribution in [1.29, 1.82) is 0 Å². The summed E-state index contributed by atoms with van der Waals surface area (Å²) >= 11 is 0. The average Bonchev–Trinajstić information content (AvgIpc) is 2.61. The first-order valence-corrected chi connectivity index (χ1v) is 4.00. The topological polar surface area (TPSA) is 71.8 Å². The molecule has 0 aliphatic rings. The van der Waals surface area contributed by atoms with E-state index in [0.29, 0.717) is 0 Å². The molecular formula is C10H7N3O. The largest absolute Gasteiger partial charge is 0.359 e. The Morgan fingerprint density at radius 3 is 3.14 bits per heavy atom. The van der Waals surface area contributed by atoms with E-state index in [-0.39, 0.29) is 0 Å². The molecule has 68 valence electrons. The molecule has 1 aromatic carbocycles. The molecule has 0 atom stereocenters. The van der Waals surface area contributed by atoms with Crippen molar-refractivity contribution in [3.63, 3.8) is 0 Å². The fourth-order valence-corrected chi connectivity index (χ4v) is 1.15.